The van der Waals surface area contributed by atoms with Gasteiger partial charge in [0.05, 0.1) is 0 Å². The molecular weight excluding hydrogens is 224 g/mol. The van der Waals surface area contributed by atoms with Crippen LogP contribution in [0.3, 0.4) is 0 Å². The van der Waals surface area contributed by atoms with Crippen LogP contribution in [0.25, 0.3) is 0 Å². The van der Waals surface area contributed by atoms with Crippen LogP contribution in [0.4, 0.5) is 0 Å². The topological polar surface area (TPSA) is 42.0 Å². The molecule has 0 saturated carbocycles. The molecule has 16 heavy (non-hydrogen) atoms. The molecule has 1 N–H and O–H groups in total. The van der Waals surface area contributed by atoms with Gasteiger partial charge in [-0.2, -0.15) is 0 Å². The Hall–Kier alpha value is -1.09. The maximum Gasteiger partial charge on any atom is 0.270 e. The van der Waals surface area contributed by atoms with Crippen molar-refractivity contribution in [3.05, 3.63) is 29.0 Å². The van der Waals surface area contributed by atoms with E-state index in [1.54, 1.807) is 12.1 Å². The predicted molar refractivity (Wildman–Crippen MR) is 65.7 cm³/mol. The zero-order chi connectivity index (χ0) is 12.0. The van der Waals surface area contributed by atoms with Gasteiger partial charge >= 0.3 is 0 Å². The molecule has 1 aromatic heterocycles. The summed E-state index contributed by atoms with van der Waals surface area (Å²) in [5.41, 5.74) is 0.371. The Kier molecular flexibility index (Phi) is 5.26. The summed E-state index contributed by atoms with van der Waals surface area (Å²) in [5.74, 6) is -0.161. The third-order valence-electron chi connectivity index (χ3n) is 2.32. The fourth-order valence-corrected chi connectivity index (χ4v) is 1.57. The molecule has 3 nitrogen and oxygen atoms in total. The van der Waals surface area contributed by atoms with Gasteiger partial charge < -0.3 is 5.32 Å². The van der Waals surface area contributed by atoms with Crippen molar-refractivity contribution in [3.8, 4) is 0 Å². The maximum atomic E-state index is 11.7. The number of nitrogens with one attached hydrogen (secondary N) is 1. The SMILES string of the molecule is CCCCC(C)NC(=O)c1cc(Cl)ccn1. The first-order chi connectivity index (χ1) is 7.63. The van der Waals surface area contributed by atoms with Crippen LogP contribution in [0.1, 0.15) is 43.6 Å². The molecule has 4 heteroatoms. The summed E-state index contributed by atoms with van der Waals surface area (Å²) < 4.78 is 0. The Morgan fingerprint density at radius 3 is 3.00 bits per heavy atom. The minimum absolute atomic E-state index is 0.161. The van der Waals surface area contributed by atoms with Crippen molar-refractivity contribution in [1.82, 2.24) is 10.3 Å². The van der Waals surface area contributed by atoms with Crippen LogP contribution in [0.2, 0.25) is 5.02 Å². The molecule has 0 bridgehead atoms. The highest BCUT2D eigenvalue weighted by Crippen LogP contribution is 2.08. The van der Waals surface area contributed by atoms with Gasteiger partial charge in [-0.05, 0) is 25.5 Å². The van der Waals surface area contributed by atoms with E-state index in [0.29, 0.717) is 10.7 Å². The molecule has 0 aliphatic carbocycles. The average Bonchev–Trinajstić information content (AvgIpc) is 2.26. The number of aromatic nitrogens is 1. The van der Waals surface area contributed by atoms with Crippen molar-refractivity contribution < 1.29 is 4.79 Å². The summed E-state index contributed by atoms with van der Waals surface area (Å²) in [6.45, 7) is 4.13. The van der Waals surface area contributed by atoms with E-state index < -0.39 is 0 Å². The van der Waals surface area contributed by atoms with E-state index in [-0.39, 0.29) is 11.9 Å². The van der Waals surface area contributed by atoms with Crippen molar-refractivity contribution >= 4 is 17.5 Å². The van der Waals surface area contributed by atoms with Crippen LogP contribution in [-0.4, -0.2) is 16.9 Å². The predicted octanol–water partition coefficient (Wildman–Crippen LogP) is 3.04. The van der Waals surface area contributed by atoms with Crippen LogP contribution >= 0.6 is 11.6 Å². The van der Waals surface area contributed by atoms with Gasteiger partial charge in [0, 0.05) is 17.3 Å². The number of halogens is 1. The lowest BCUT2D eigenvalue weighted by Crippen LogP contribution is -2.32. The minimum atomic E-state index is -0.161. The van der Waals surface area contributed by atoms with Crippen molar-refractivity contribution in [3.63, 3.8) is 0 Å². The second-order valence-electron chi connectivity index (χ2n) is 3.88. The number of hydrogen-bond acceptors (Lipinski definition) is 2. The Balaban J connectivity index is 2.52. The first-order valence-electron chi connectivity index (χ1n) is 5.56. The van der Waals surface area contributed by atoms with E-state index in [2.05, 4.69) is 17.2 Å². The molecule has 0 saturated heterocycles. The lowest BCUT2D eigenvalue weighted by Gasteiger charge is -2.12. The van der Waals surface area contributed by atoms with Crippen LogP contribution in [0, 0.1) is 0 Å². The monoisotopic (exact) mass is 240 g/mol. The molecular formula is C12H17ClN2O. The number of unbranched alkanes of at least 4 members (excludes halogenated alkanes) is 1. The number of hydrogen-bond donors (Lipinski definition) is 1. The summed E-state index contributed by atoms with van der Waals surface area (Å²) >= 11 is 5.79. The molecule has 0 aliphatic rings. The highest BCUT2D eigenvalue weighted by molar-refractivity contribution is 6.30. The average molecular weight is 241 g/mol. The van der Waals surface area contributed by atoms with Gasteiger partial charge in [-0.3, -0.25) is 9.78 Å². The van der Waals surface area contributed by atoms with Gasteiger partial charge in [0.15, 0.2) is 0 Å². The molecule has 1 unspecified atom stereocenters. The normalized spacial score (nSPS) is 12.2. The number of rotatable bonds is 5. The van der Waals surface area contributed by atoms with Gasteiger partial charge in [-0.15, -0.1) is 0 Å². The molecule has 1 rings (SSSR count). The number of pyridine rings is 1. The molecule has 1 amide bonds. The summed E-state index contributed by atoms with van der Waals surface area (Å²) in [7, 11) is 0. The lowest BCUT2D eigenvalue weighted by molar-refractivity contribution is 0.0933. The molecule has 0 radical (unpaired) electrons. The van der Waals surface area contributed by atoms with Gasteiger partial charge in [0.1, 0.15) is 5.69 Å². The Labute approximate surface area is 101 Å². The zero-order valence-electron chi connectivity index (χ0n) is 9.66. The highest BCUT2D eigenvalue weighted by atomic mass is 35.5. The molecule has 1 heterocycles. The summed E-state index contributed by atoms with van der Waals surface area (Å²) in [4.78, 5) is 15.7. The Morgan fingerprint density at radius 2 is 2.38 bits per heavy atom. The van der Waals surface area contributed by atoms with Crippen LogP contribution in [0.5, 0.6) is 0 Å². The fraction of sp³-hybridized carbons (Fsp3) is 0.500. The van der Waals surface area contributed by atoms with E-state index in [4.69, 9.17) is 11.6 Å². The molecule has 0 aromatic carbocycles. The number of amides is 1. The highest BCUT2D eigenvalue weighted by Gasteiger charge is 2.10. The fourth-order valence-electron chi connectivity index (χ4n) is 1.41. The van der Waals surface area contributed by atoms with Crippen LogP contribution in [0.15, 0.2) is 18.3 Å². The molecule has 88 valence electrons. The summed E-state index contributed by atoms with van der Waals surface area (Å²) in [6, 6.07) is 3.40. The molecule has 0 fully saturated rings. The Bertz CT molecular complexity index is 355. The minimum Gasteiger partial charge on any atom is -0.348 e. The third kappa shape index (κ3) is 4.19. The van der Waals surface area contributed by atoms with E-state index in [1.807, 2.05) is 6.92 Å². The number of carbonyl (C=O) groups is 1. The second-order valence-corrected chi connectivity index (χ2v) is 4.31. The first-order valence-corrected chi connectivity index (χ1v) is 5.93. The van der Waals surface area contributed by atoms with Gasteiger partial charge in [0.2, 0.25) is 0 Å². The van der Waals surface area contributed by atoms with Crippen LogP contribution in [-0.2, 0) is 0 Å². The van der Waals surface area contributed by atoms with E-state index in [0.717, 1.165) is 19.3 Å². The largest absolute Gasteiger partial charge is 0.348 e. The third-order valence-corrected chi connectivity index (χ3v) is 2.56. The maximum absolute atomic E-state index is 11.7. The number of carbonyl (C=O) groups excluding carboxylic acids is 1. The van der Waals surface area contributed by atoms with Gasteiger partial charge in [-0.1, -0.05) is 31.4 Å². The van der Waals surface area contributed by atoms with Gasteiger partial charge in [-0.25, -0.2) is 0 Å². The smallest absolute Gasteiger partial charge is 0.270 e. The summed E-state index contributed by atoms with van der Waals surface area (Å²) in [5, 5.41) is 3.43. The van der Waals surface area contributed by atoms with E-state index in [9.17, 15) is 4.79 Å². The first kappa shape index (κ1) is 13.0. The standard InChI is InChI=1S/C12H17ClN2O/c1-3-4-5-9(2)15-12(16)11-8-10(13)6-7-14-11/h6-9H,3-5H2,1-2H3,(H,15,16). The molecule has 1 atom stereocenters. The van der Waals surface area contributed by atoms with Crippen molar-refractivity contribution in [2.24, 2.45) is 0 Å². The Morgan fingerprint density at radius 1 is 1.62 bits per heavy atom. The molecule has 1 aromatic rings. The van der Waals surface area contributed by atoms with E-state index >= 15 is 0 Å². The molecule has 0 spiro atoms. The zero-order valence-corrected chi connectivity index (χ0v) is 10.4. The quantitative estimate of drug-likeness (QED) is 0.860. The van der Waals surface area contributed by atoms with Crippen LogP contribution < -0.4 is 5.32 Å². The molecule has 0 aliphatic heterocycles. The van der Waals surface area contributed by atoms with Crippen molar-refractivity contribution in [2.45, 2.75) is 39.2 Å². The van der Waals surface area contributed by atoms with E-state index in [1.165, 1.54) is 6.20 Å². The second kappa shape index (κ2) is 6.48. The number of nitrogens with zero attached hydrogens (tertiary/aromatic N) is 1. The lowest BCUT2D eigenvalue weighted by atomic mass is 10.1. The van der Waals surface area contributed by atoms with Gasteiger partial charge in [0.25, 0.3) is 5.91 Å². The van der Waals surface area contributed by atoms with Crippen molar-refractivity contribution in [2.75, 3.05) is 0 Å². The van der Waals surface area contributed by atoms with Crippen molar-refractivity contribution in [1.29, 1.82) is 0 Å². The summed E-state index contributed by atoms with van der Waals surface area (Å²) in [6.07, 6.45) is 4.77.